The van der Waals surface area contributed by atoms with Crippen molar-refractivity contribution in [3.8, 4) is 0 Å². The van der Waals surface area contributed by atoms with E-state index in [1.807, 2.05) is 34.9 Å². The molecule has 8 nitrogen and oxygen atoms in total. The fourth-order valence-corrected chi connectivity index (χ4v) is 4.29. The number of carboxylic acid groups (broad SMARTS) is 1. The van der Waals surface area contributed by atoms with Gasteiger partial charge in [0.1, 0.15) is 6.04 Å². The molecular formula is C22H28F6N4O4. The maximum atomic E-state index is 12.7. The topological polar surface area (TPSA) is 76.6 Å². The summed E-state index contributed by atoms with van der Waals surface area (Å²) in [5, 5.41) is 9.53. The molecule has 202 valence electrons. The summed E-state index contributed by atoms with van der Waals surface area (Å²) in [5.41, 5.74) is 2.75. The van der Waals surface area contributed by atoms with Crippen molar-refractivity contribution in [3.05, 3.63) is 29.3 Å². The highest BCUT2D eigenvalue weighted by Gasteiger charge is 2.60. The average molecular weight is 526 g/mol. The number of hydrogen-bond donors (Lipinski definition) is 1. The molecule has 14 heteroatoms. The molecule has 2 aliphatic heterocycles. The first-order valence-electron chi connectivity index (χ1n) is 11.3. The van der Waals surface area contributed by atoms with Crippen LogP contribution in [-0.2, 0) is 16.1 Å². The Morgan fingerprint density at radius 1 is 1.03 bits per heavy atom. The number of anilines is 1. The van der Waals surface area contributed by atoms with Crippen LogP contribution in [0.15, 0.2) is 18.2 Å². The molecule has 2 saturated heterocycles. The maximum absolute atomic E-state index is 12.7. The first kappa shape index (κ1) is 27.8. The third kappa shape index (κ3) is 6.72. The molecule has 1 N–H and O–H groups in total. The van der Waals surface area contributed by atoms with E-state index in [9.17, 15) is 41.0 Å². The number of benzene rings is 1. The van der Waals surface area contributed by atoms with Crippen LogP contribution >= 0.6 is 0 Å². The molecule has 0 bridgehead atoms. The number of amides is 1. The Labute approximate surface area is 204 Å². The predicted octanol–water partition coefficient (Wildman–Crippen LogP) is 2.95. The van der Waals surface area contributed by atoms with Crippen molar-refractivity contribution >= 4 is 17.7 Å². The van der Waals surface area contributed by atoms with Gasteiger partial charge in [0, 0.05) is 58.0 Å². The van der Waals surface area contributed by atoms with Gasteiger partial charge in [-0.2, -0.15) is 26.3 Å². The van der Waals surface area contributed by atoms with Crippen molar-refractivity contribution in [3.63, 3.8) is 0 Å². The number of carboxylic acids is 1. The summed E-state index contributed by atoms with van der Waals surface area (Å²) in [5.74, 6) is -0.919. The van der Waals surface area contributed by atoms with Crippen LogP contribution in [0.25, 0.3) is 0 Å². The Morgan fingerprint density at radius 2 is 1.64 bits per heavy atom. The van der Waals surface area contributed by atoms with E-state index < -0.39 is 36.6 Å². The van der Waals surface area contributed by atoms with Crippen LogP contribution < -0.4 is 4.90 Å². The molecule has 3 rings (SSSR count). The number of halogens is 6. The Kier molecular flexibility index (Phi) is 8.28. The number of carbonyl (C=O) groups excluding carboxylic acids is 1. The molecule has 1 aromatic carbocycles. The largest absolute Gasteiger partial charge is 0.480 e. The van der Waals surface area contributed by atoms with Crippen molar-refractivity contribution in [1.82, 2.24) is 14.7 Å². The summed E-state index contributed by atoms with van der Waals surface area (Å²) in [4.78, 5) is 30.2. The minimum atomic E-state index is -5.76. The number of nitrogens with zero attached hydrogens (tertiary/aromatic N) is 4. The number of hydrogen-bond acceptors (Lipinski definition) is 6. The zero-order chi connectivity index (χ0) is 26.8. The van der Waals surface area contributed by atoms with E-state index in [0.29, 0.717) is 26.2 Å². The molecule has 1 amide bonds. The summed E-state index contributed by atoms with van der Waals surface area (Å²) < 4.78 is 79.9. The summed E-state index contributed by atoms with van der Waals surface area (Å²) >= 11 is 0. The van der Waals surface area contributed by atoms with Crippen molar-refractivity contribution in [2.24, 2.45) is 0 Å². The van der Waals surface area contributed by atoms with Crippen molar-refractivity contribution in [2.75, 3.05) is 57.8 Å². The predicted molar refractivity (Wildman–Crippen MR) is 117 cm³/mol. The molecule has 2 fully saturated rings. The zero-order valence-electron chi connectivity index (χ0n) is 19.8. The van der Waals surface area contributed by atoms with Gasteiger partial charge in [0.2, 0.25) is 0 Å². The van der Waals surface area contributed by atoms with E-state index in [0.717, 1.165) is 21.7 Å². The van der Waals surface area contributed by atoms with Crippen LogP contribution in [-0.4, -0.2) is 109 Å². The fourth-order valence-electron chi connectivity index (χ4n) is 4.29. The molecule has 2 aliphatic rings. The second-order valence-corrected chi connectivity index (χ2v) is 9.02. The van der Waals surface area contributed by atoms with Gasteiger partial charge >= 0.3 is 24.4 Å². The van der Waals surface area contributed by atoms with Crippen LogP contribution in [0.5, 0.6) is 0 Å². The van der Waals surface area contributed by atoms with Crippen molar-refractivity contribution in [2.45, 2.75) is 38.0 Å². The van der Waals surface area contributed by atoms with Crippen LogP contribution in [0.1, 0.15) is 11.1 Å². The van der Waals surface area contributed by atoms with E-state index in [1.54, 1.807) is 11.9 Å². The fraction of sp³-hybridized carbons (Fsp3) is 0.636. The molecule has 0 aliphatic carbocycles. The van der Waals surface area contributed by atoms with Crippen LogP contribution in [0.2, 0.25) is 0 Å². The van der Waals surface area contributed by atoms with Gasteiger partial charge in [-0.3, -0.25) is 14.6 Å². The lowest BCUT2D eigenvalue weighted by molar-refractivity contribution is -0.308. The molecule has 2 heterocycles. The SMILES string of the molecule is Cc1ccc(CN2CCN(C(=O)OC(C(F)(F)F)C(F)(F)F)CC2)c(N2CCN(C)C(C(=O)O)C2)c1. The van der Waals surface area contributed by atoms with Gasteiger partial charge in [0.25, 0.3) is 6.10 Å². The highest BCUT2D eigenvalue weighted by atomic mass is 19.4. The standard InChI is InChI=1S/C22H28F6N4O4/c1-14-3-4-15(16(11-14)32-8-5-29(2)17(13-32)18(33)34)12-30-6-9-31(10-7-30)20(35)36-19(21(23,24)25)22(26,27)28/h3-4,11,17,19H,5-10,12-13H2,1-2H3,(H,33,34). The molecule has 0 spiro atoms. The minimum Gasteiger partial charge on any atom is -0.480 e. The Bertz CT molecular complexity index is 935. The molecule has 0 aromatic heterocycles. The van der Waals surface area contributed by atoms with E-state index >= 15 is 0 Å². The highest BCUT2D eigenvalue weighted by Crippen LogP contribution is 2.36. The quantitative estimate of drug-likeness (QED) is 0.592. The monoisotopic (exact) mass is 526 g/mol. The number of ether oxygens (including phenoxy) is 1. The van der Waals surface area contributed by atoms with Gasteiger partial charge in [-0.1, -0.05) is 12.1 Å². The first-order valence-corrected chi connectivity index (χ1v) is 11.3. The average Bonchev–Trinajstić information content (AvgIpc) is 2.77. The number of aryl methyl sites for hydroxylation is 1. The van der Waals surface area contributed by atoms with Crippen molar-refractivity contribution < 1.29 is 45.8 Å². The third-order valence-electron chi connectivity index (χ3n) is 6.35. The number of likely N-dealkylation sites (N-methyl/N-ethyl adjacent to an activating group) is 1. The second-order valence-electron chi connectivity index (χ2n) is 9.02. The first-order chi connectivity index (χ1) is 16.7. The molecule has 36 heavy (non-hydrogen) atoms. The lowest BCUT2D eigenvalue weighted by Crippen LogP contribution is -2.55. The van der Waals surface area contributed by atoms with E-state index in [1.165, 1.54) is 0 Å². The number of carbonyl (C=O) groups is 2. The number of aliphatic carboxylic acids is 1. The van der Waals surface area contributed by atoms with Gasteiger partial charge in [-0.15, -0.1) is 0 Å². The molecule has 1 atom stereocenters. The minimum absolute atomic E-state index is 0.0991. The Hall–Kier alpha value is -2.74. The Morgan fingerprint density at radius 3 is 2.19 bits per heavy atom. The molecule has 0 saturated carbocycles. The molecule has 1 unspecified atom stereocenters. The Balaban J connectivity index is 1.64. The van der Waals surface area contributed by atoms with Crippen LogP contribution in [0, 0.1) is 6.92 Å². The summed E-state index contributed by atoms with van der Waals surface area (Å²) in [6.45, 7) is 4.03. The lowest BCUT2D eigenvalue weighted by Gasteiger charge is -2.40. The lowest BCUT2D eigenvalue weighted by atomic mass is 10.0. The van der Waals surface area contributed by atoms with E-state index in [2.05, 4.69) is 4.74 Å². The number of rotatable bonds is 5. The molecule has 0 radical (unpaired) electrons. The smallest absolute Gasteiger partial charge is 0.434 e. The third-order valence-corrected chi connectivity index (χ3v) is 6.35. The van der Waals surface area contributed by atoms with E-state index in [-0.39, 0.29) is 26.2 Å². The van der Waals surface area contributed by atoms with Gasteiger partial charge < -0.3 is 19.6 Å². The highest BCUT2D eigenvalue weighted by molar-refractivity contribution is 5.75. The van der Waals surface area contributed by atoms with Gasteiger partial charge in [0.05, 0.1) is 0 Å². The summed E-state index contributed by atoms with van der Waals surface area (Å²) in [6, 6.07) is 5.11. The van der Waals surface area contributed by atoms with Gasteiger partial charge in [-0.05, 0) is 31.2 Å². The van der Waals surface area contributed by atoms with Gasteiger partial charge in [-0.25, -0.2) is 4.79 Å². The number of piperazine rings is 2. The molecular weight excluding hydrogens is 498 g/mol. The van der Waals surface area contributed by atoms with Gasteiger partial charge in [0.15, 0.2) is 0 Å². The molecule has 1 aromatic rings. The zero-order valence-corrected chi connectivity index (χ0v) is 19.8. The van der Waals surface area contributed by atoms with Crippen LogP contribution in [0.4, 0.5) is 36.8 Å². The van der Waals surface area contributed by atoms with E-state index in [4.69, 9.17) is 0 Å². The summed E-state index contributed by atoms with van der Waals surface area (Å²) in [7, 11) is 1.75. The maximum Gasteiger partial charge on any atom is 0.434 e. The van der Waals surface area contributed by atoms with Crippen molar-refractivity contribution in [1.29, 1.82) is 0 Å². The normalized spacial score (nSPS) is 20.6. The number of alkyl halides is 6. The second kappa shape index (κ2) is 10.7. The summed E-state index contributed by atoms with van der Waals surface area (Å²) in [6.07, 6.45) is -17.4. The van der Waals surface area contributed by atoms with Crippen LogP contribution in [0.3, 0.4) is 0 Å².